The van der Waals surface area contributed by atoms with Gasteiger partial charge >= 0.3 is 0 Å². The highest BCUT2D eigenvalue weighted by atomic mass is 16.7. The number of rotatable bonds is 5. The second-order valence-electron chi connectivity index (χ2n) is 6.48. The molecule has 0 bridgehead atoms. The number of benzene rings is 2. The van der Waals surface area contributed by atoms with Crippen LogP contribution in [0.5, 0.6) is 23.0 Å². The molecule has 0 saturated carbocycles. The minimum absolute atomic E-state index is 0.315. The van der Waals surface area contributed by atoms with Crippen molar-refractivity contribution in [2.24, 2.45) is 0 Å². The fourth-order valence-electron chi connectivity index (χ4n) is 3.74. The molecule has 0 aromatic heterocycles. The molecule has 2 heterocycles. The van der Waals surface area contributed by atoms with Gasteiger partial charge in [0.05, 0.1) is 14.2 Å². The molecule has 1 fully saturated rings. The van der Waals surface area contributed by atoms with E-state index in [-0.39, 0.29) is 0 Å². The zero-order valence-electron chi connectivity index (χ0n) is 14.7. The maximum Gasteiger partial charge on any atom is 0.231 e. The van der Waals surface area contributed by atoms with Crippen LogP contribution in [-0.4, -0.2) is 39.0 Å². The summed E-state index contributed by atoms with van der Waals surface area (Å²) in [5, 5.41) is 0. The topological polar surface area (TPSA) is 40.2 Å². The Hall–Kier alpha value is -2.40. The van der Waals surface area contributed by atoms with Crippen molar-refractivity contribution in [3.8, 4) is 23.0 Å². The molecule has 4 rings (SSSR count). The van der Waals surface area contributed by atoms with Crippen LogP contribution in [0.15, 0.2) is 36.4 Å². The molecule has 2 aliphatic rings. The Kier molecular flexibility index (Phi) is 4.40. The minimum atomic E-state index is 0.315. The Morgan fingerprint density at radius 1 is 1.12 bits per heavy atom. The van der Waals surface area contributed by atoms with Gasteiger partial charge in [0.2, 0.25) is 6.79 Å². The normalized spacial score (nSPS) is 19.2. The van der Waals surface area contributed by atoms with Gasteiger partial charge in [-0.15, -0.1) is 0 Å². The van der Waals surface area contributed by atoms with Crippen molar-refractivity contribution in [3.05, 3.63) is 47.5 Å². The van der Waals surface area contributed by atoms with Crippen molar-refractivity contribution in [1.82, 2.24) is 4.90 Å². The molecular formula is C20H23NO4. The second-order valence-corrected chi connectivity index (χ2v) is 6.48. The van der Waals surface area contributed by atoms with Crippen LogP contribution >= 0.6 is 0 Å². The number of methoxy groups -OCH3 is 2. The number of nitrogens with zero attached hydrogens (tertiary/aromatic N) is 1. The standard InChI is InChI=1S/C20H23NO4/c1-22-16-6-7-18(23-2)17(10-16)14-8-9-21(11-14)12-15-4-3-5-19-20(15)25-13-24-19/h3-7,10,14H,8-9,11-13H2,1-2H3. The van der Waals surface area contributed by atoms with Gasteiger partial charge in [0.25, 0.3) is 0 Å². The fourth-order valence-corrected chi connectivity index (χ4v) is 3.74. The Morgan fingerprint density at radius 3 is 2.88 bits per heavy atom. The summed E-state index contributed by atoms with van der Waals surface area (Å²) in [6, 6.07) is 12.1. The predicted molar refractivity (Wildman–Crippen MR) is 94.7 cm³/mol. The molecule has 1 atom stereocenters. The zero-order valence-corrected chi connectivity index (χ0v) is 14.7. The van der Waals surface area contributed by atoms with Gasteiger partial charge in [0.15, 0.2) is 11.5 Å². The maximum absolute atomic E-state index is 5.63. The Labute approximate surface area is 148 Å². The summed E-state index contributed by atoms with van der Waals surface area (Å²) in [4.78, 5) is 2.46. The molecule has 2 aliphatic heterocycles. The molecule has 0 spiro atoms. The predicted octanol–water partition coefficient (Wildman–Crippen LogP) is 3.42. The van der Waals surface area contributed by atoms with Crippen molar-refractivity contribution in [2.45, 2.75) is 18.9 Å². The monoisotopic (exact) mass is 341 g/mol. The quantitative estimate of drug-likeness (QED) is 0.833. The molecule has 2 aromatic carbocycles. The van der Waals surface area contributed by atoms with Gasteiger partial charge in [-0.2, -0.15) is 0 Å². The van der Waals surface area contributed by atoms with E-state index >= 15 is 0 Å². The van der Waals surface area contributed by atoms with Crippen LogP contribution in [0.1, 0.15) is 23.5 Å². The number of fused-ring (bicyclic) bond motifs is 1. The first-order valence-electron chi connectivity index (χ1n) is 8.60. The van der Waals surface area contributed by atoms with E-state index in [0.717, 1.165) is 49.1 Å². The average molecular weight is 341 g/mol. The van der Waals surface area contributed by atoms with Crippen molar-refractivity contribution in [3.63, 3.8) is 0 Å². The smallest absolute Gasteiger partial charge is 0.231 e. The van der Waals surface area contributed by atoms with E-state index in [9.17, 15) is 0 Å². The molecule has 5 heteroatoms. The van der Waals surface area contributed by atoms with Gasteiger partial charge in [-0.3, -0.25) is 4.90 Å². The Morgan fingerprint density at radius 2 is 2.04 bits per heavy atom. The van der Waals surface area contributed by atoms with Crippen molar-refractivity contribution < 1.29 is 18.9 Å². The van der Waals surface area contributed by atoms with Gasteiger partial charge in [0, 0.05) is 30.1 Å². The van der Waals surface area contributed by atoms with Crippen LogP contribution in [0, 0.1) is 0 Å². The van der Waals surface area contributed by atoms with Crippen LogP contribution in [-0.2, 0) is 6.54 Å². The second kappa shape index (κ2) is 6.84. The third-order valence-corrected chi connectivity index (χ3v) is 5.02. The first kappa shape index (κ1) is 16.1. The summed E-state index contributed by atoms with van der Waals surface area (Å²) in [5.74, 6) is 4.00. The lowest BCUT2D eigenvalue weighted by atomic mass is 9.97. The molecule has 1 unspecified atom stereocenters. The van der Waals surface area contributed by atoms with E-state index in [4.69, 9.17) is 18.9 Å². The molecule has 1 saturated heterocycles. The van der Waals surface area contributed by atoms with E-state index in [1.165, 1.54) is 11.1 Å². The largest absolute Gasteiger partial charge is 0.497 e. The summed E-state index contributed by atoms with van der Waals surface area (Å²) in [6.45, 7) is 3.23. The van der Waals surface area contributed by atoms with Crippen LogP contribution in [0.25, 0.3) is 0 Å². The lowest BCUT2D eigenvalue weighted by molar-refractivity contribution is 0.172. The van der Waals surface area contributed by atoms with Crippen LogP contribution in [0.3, 0.4) is 0 Å². The SMILES string of the molecule is COc1ccc(OC)c(C2CCN(Cc3cccc4c3OCO4)C2)c1. The third kappa shape index (κ3) is 3.12. The van der Waals surface area contributed by atoms with Crippen molar-refractivity contribution in [1.29, 1.82) is 0 Å². The highest BCUT2D eigenvalue weighted by molar-refractivity contribution is 5.48. The molecular weight excluding hydrogens is 318 g/mol. The highest BCUT2D eigenvalue weighted by Crippen LogP contribution is 2.39. The van der Waals surface area contributed by atoms with Crippen LogP contribution in [0.2, 0.25) is 0 Å². The molecule has 5 nitrogen and oxygen atoms in total. The summed E-state index contributed by atoms with van der Waals surface area (Å²) < 4.78 is 22.1. The minimum Gasteiger partial charge on any atom is -0.497 e. The lowest BCUT2D eigenvalue weighted by Crippen LogP contribution is -2.20. The summed E-state index contributed by atoms with van der Waals surface area (Å²) >= 11 is 0. The van der Waals surface area contributed by atoms with Crippen molar-refractivity contribution >= 4 is 0 Å². The van der Waals surface area contributed by atoms with Gasteiger partial charge in [-0.1, -0.05) is 12.1 Å². The van der Waals surface area contributed by atoms with E-state index in [1.807, 2.05) is 24.3 Å². The molecule has 0 N–H and O–H groups in total. The fraction of sp³-hybridized carbons (Fsp3) is 0.400. The third-order valence-electron chi connectivity index (χ3n) is 5.02. The Balaban J connectivity index is 1.50. The molecule has 132 valence electrons. The van der Waals surface area contributed by atoms with E-state index < -0.39 is 0 Å². The van der Waals surface area contributed by atoms with Crippen LogP contribution < -0.4 is 18.9 Å². The highest BCUT2D eigenvalue weighted by Gasteiger charge is 2.28. The zero-order chi connectivity index (χ0) is 17.2. The first-order chi connectivity index (χ1) is 12.3. The number of likely N-dealkylation sites (tertiary alicyclic amines) is 1. The van der Waals surface area contributed by atoms with Gasteiger partial charge in [0.1, 0.15) is 11.5 Å². The lowest BCUT2D eigenvalue weighted by Gasteiger charge is -2.19. The first-order valence-corrected chi connectivity index (χ1v) is 8.60. The maximum atomic E-state index is 5.63. The number of hydrogen-bond donors (Lipinski definition) is 0. The molecule has 2 aromatic rings. The average Bonchev–Trinajstić information content (AvgIpc) is 3.31. The number of para-hydroxylation sites is 1. The molecule has 0 radical (unpaired) electrons. The summed E-state index contributed by atoms with van der Waals surface area (Å²) in [7, 11) is 3.42. The van der Waals surface area contributed by atoms with Gasteiger partial charge < -0.3 is 18.9 Å². The summed E-state index contributed by atoms with van der Waals surface area (Å²) in [6.07, 6.45) is 1.11. The van der Waals surface area contributed by atoms with Crippen molar-refractivity contribution in [2.75, 3.05) is 34.1 Å². The number of hydrogen-bond acceptors (Lipinski definition) is 5. The van der Waals surface area contributed by atoms with Gasteiger partial charge in [-0.05, 0) is 37.2 Å². The van der Waals surface area contributed by atoms with E-state index in [0.29, 0.717) is 12.7 Å². The van der Waals surface area contributed by atoms with E-state index in [2.05, 4.69) is 17.0 Å². The Bertz CT molecular complexity index is 761. The molecule has 25 heavy (non-hydrogen) atoms. The van der Waals surface area contributed by atoms with E-state index in [1.54, 1.807) is 14.2 Å². The van der Waals surface area contributed by atoms with Gasteiger partial charge in [-0.25, -0.2) is 0 Å². The molecule has 0 aliphatic carbocycles. The van der Waals surface area contributed by atoms with Crippen LogP contribution in [0.4, 0.5) is 0 Å². The summed E-state index contributed by atoms with van der Waals surface area (Å²) in [5.41, 5.74) is 2.41. The molecule has 0 amide bonds. The number of ether oxygens (including phenoxy) is 4.